The monoisotopic (exact) mass is 153 g/mol. The van der Waals surface area contributed by atoms with Gasteiger partial charge in [0, 0.05) is 0 Å². The van der Waals surface area contributed by atoms with Gasteiger partial charge in [0.25, 0.3) is 0 Å². The van der Waals surface area contributed by atoms with Crippen LogP contribution in [-0.2, 0) is 3.87 Å². The van der Waals surface area contributed by atoms with E-state index in [9.17, 15) is 0 Å². The van der Waals surface area contributed by atoms with Crippen LogP contribution in [0.3, 0.4) is 0 Å². The second-order valence-corrected chi connectivity index (χ2v) is 3.15. The van der Waals surface area contributed by atoms with Gasteiger partial charge in [0.15, 0.2) is 0 Å². The van der Waals surface area contributed by atoms with E-state index >= 15 is 0 Å². The molecule has 0 amide bonds. The third-order valence-corrected chi connectivity index (χ3v) is 2.43. The van der Waals surface area contributed by atoms with Crippen molar-refractivity contribution in [1.82, 2.24) is 0 Å². The summed E-state index contributed by atoms with van der Waals surface area (Å²) in [6.45, 7) is 0. The molecule has 1 heterocycles. The van der Waals surface area contributed by atoms with Crippen LogP contribution in [-0.4, -0.2) is 6.29 Å². The molecule has 0 aromatic rings. The van der Waals surface area contributed by atoms with E-state index in [1.165, 1.54) is 30.5 Å². The molecule has 0 radical (unpaired) electrons. The first-order chi connectivity index (χ1) is 4.97. The Labute approximate surface area is 64.7 Å². The third kappa shape index (κ3) is 1.03. The summed E-state index contributed by atoms with van der Waals surface area (Å²) in [5.74, 6) is 0.561. The molecule has 52 valence electrons. The van der Waals surface area contributed by atoms with Crippen LogP contribution in [0.1, 0.15) is 12.8 Å². The Balaban J connectivity index is 2.26. The standard InChI is InChI=1S/C8H9OS/c1-2-4-8-6-10-9-5-7(8)3-1/h2,4-7H,1,3H2/q+1. The van der Waals surface area contributed by atoms with Crippen LogP contribution >= 0.6 is 12.0 Å². The van der Waals surface area contributed by atoms with E-state index in [0.29, 0.717) is 5.92 Å². The van der Waals surface area contributed by atoms with Gasteiger partial charge in [-0.25, -0.2) is 0 Å². The zero-order valence-corrected chi connectivity index (χ0v) is 6.43. The number of allylic oxidation sites excluding steroid dienone is 3. The van der Waals surface area contributed by atoms with Crippen molar-refractivity contribution in [3.8, 4) is 0 Å². The molecule has 2 aliphatic rings. The molecule has 10 heavy (non-hydrogen) atoms. The van der Waals surface area contributed by atoms with Crippen molar-refractivity contribution < 1.29 is 3.87 Å². The predicted octanol–water partition coefficient (Wildman–Crippen LogP) is 2.23. The Hall–Kier alpha value is -0.500. The second-order valence-electron chi connectivity index (χ2n) is 2.53. The Bertz CT molecular complexity index is 215. The van der Waals surface area contributed by atoms with Gasteiger partial charge in [-0.15, -0.1) is 0 Å². The molecule has 0 saturated carbocycles. The average molecular weight is 153 g/mol. The highest BCUT2D eigenvalue weighted by atomic mass is 32.2. The van der Waals surface area contributed by atoms with Gasteiger partial charge in [0.05, 0.1) is 11.3 Å². The van der Waals surface area contributed by atoms with E-state index in [4.69, 9.17) is 3.87 Å². The van der Waals surface area contributed by atoms with Gasteiger partial charge < -0.3 is 0 Å². The first kappa shape index (κ1) is 6.23. The molecular formula is C8H9OS+. The van der Waals surface area contributed by atoms with Gasteiger partial charge in [0.1, 0.15) is 0 Å². The lowest BCUT2D eigenvalue weighted by atomic mass is 9.92. The topological polar surface area (TPSA) is 11.3 Å². The fraction of sp³-hybridized carbons (Fsp3) is 0.375. The van der Waals surface area contributed by atoms with Crippen molar-refractivity contribution in [2.45, 2.75) is 12.8 Å². The summed E-state index contributed by atoms with van der Waals surface area (Å²) in [6, 6.07) is 0. The summed E-state index contributed by atoms with van der Waals surface area (Å²) in [6.07, 6.45) is 8.75. The maximum absolute atomic E-state index is 5.12. The molecule has 1 nitrogen and oxygen atoms in total. The van der Waals surface area contributed by atoms with E-state index in [1.807, 2.05) is 6.29 Å². The van der Waals surface area contributed by atoms with Gasteiger partial charge >= 0.3 is 18.3 Å². The highest BCUT2D eigenvalue weighted by Gasteiger charge is 2.22. The van der Waals surface area contributed by atoms with Gasteiger partial charge in [-0.3, -0.25) is 0 Å². The molecule has 2 heteroatoms. The Morgan fingerprint density at radius 2 is 2.60 bits per heavy atom. The van der Waals surface area contributed by atoms with E-state index in [2.05, 4.69) is 17.6 Å². The molecule has 0 spiro atoms. The van der Waals surface area contributed by atoms with Crippen molar-refractivity contribution in [3.05, 3.63) is 23.1 Å². The number of rotatable bonds is 0. The quantitative estimate of drug-likeness (QED) is 0.295. The van der Waals surface area contributed by atoms with Crippen molar-refractivity contribution in [2.75, 3.05) is 0 Å². The molecule has 0 saturated heterocycles. The van der Waals surface area contributed by atoms with E-state index < -0.39 is 0 Å². The summed E-state index contributed by atoms with van der Waals surface area (Å²) in [7, 11) is 0. The van der Waals surface area contributed by atoms with Crippen LogP contribution in [0.2, 0.25) is 0 Å². The summed E-state index contributed by atoms with van der Waals surface area (Å²) in [5.41, 5.74) is 1.41. The van der Waals surface area contributed by atoms with Crippen molar-refractivity contribution >= 4 is 18.3 Å². The lowest BCUT2D eigenvalue weighted by molar-refractivity contribution is -0.239. The maximum Gasteiger partial charge on any atom is 0.369 e. The highest BCUT2D eigenvalue weighted by molar-refractivity contribution is 7.95. The van der Waals surface area contributed by atoms with Gasteiger partial charge in [0.2, 0.25) is 0 Å². The fourth-order valence-electron chi connectivity index (χ4n) is 1.24. The van der Waals surface area contributed by atoms with Crippen LogP contribution in [0, 0.1) is 5.92 Å². The molecule has 1 aliphatic carbocycles. The van der Waals surface area contributed by atoms with Crippen molar-refractivity contribution in [3.63, 3.8) is 0 Å². The molecule has 1 unspecified atom stereocenters. The van der Waals surface area contributed by atoms with E-state index in [1.54, 1.807) is 0 Å². The predicted molar refractivity (Wildman–Crippen MR) is 43.6 cm³/mol. The smallest absolute Gasteiger partial charge is 0.174 e. The van der Waals surface area contributed by atoms with Crippen molar-refractivity contribution in [1.29, 1.82) is 0 Å². The molecular weight excluding hydrogens is 144 g/mol. The second kappa shape index (κ2) is 2.62. The molecule has 0 N–H and O–H groups in total. The summed E-state index contributed by atoms with van der Waals surface area (Å²) in [4.78, 5) is 0. The van der Waals surface area contributed by atoms with E-state index in [0.717, 1.165) is 0 Å². The number of carbonyl (C=O) groups excluding carboxylic acids is 1. The molecule has 0 bridgehead atoms. The minimum absolute atomic E-state index is 0.561. The van der Waals surface area contributed by atoms with Crippen LogP contribution in [0.15, 0.2) is 23.1 Å². The lowest BCUT2D eigenvalue weighted by Gasteiger charge is -2.12. The number of aldehydes is 1. The molecule has 0 aromatic heterocycles. The average Bonchev–Trinajstić information content (AvgIpc) is 2.05. The van der Waals surface area contributed by atoms with Crippen LogP contribution < -0.4 is 0 Å². The SMILES string of the molecule is C1=CC2=CS[O+]=CC2CC1. The van der Waals surface area contributed by atoms with Crippen LogP contribution in [0.5, 0.6) is 0 Å². The Morgan fingerprint density at radius 1 is 1.60 bits per heavy atom. The van der Waals surface area contributed by atoms with Crippen molar-refractivity contribution in [2.24, 2.45) is 5.92 Å². The highest BCUT2D eigenvalue weighted by Crippen LogP contribution is 2.27. The maximum atomic E-state index is 5.12. The molecule has 0 aromatic carbocycles. The Morgan fingerprint density at radius 3 is 3.50 bits per heavy atom. The zero-order valence-electron chi connectivity index (χ0n) is 5.62. The molecule has 2 rings (SSSR count). The van der Waals surface area contributed by atoms with Crippen LogP contribution in [0.25, 0.3) is 0 Å². The summed E-state index contributed by atoms with van der Waals surface area (Å²) in [5, 5.41) is 2.08. The van der Waals surface area contributed by atoms with Gasteiger partial charge in [-0.1, -0.05) is 12.2 Å². The van der Waals surface area contributed by atoms with Gasteiger partial charge in [-0.05, 0) is 18.4 Å². The fourth-order valence-corrected chi connectivity index (χ4v) is 1.86. The lowest BCUT2D eigenvalue weighted by Crippen LogP contribution is -2.09. The molecule has 1 atom stereocenters. The first-order valence-electron chi connectivity index (χ1n) is 3.49. The first-order valence-corrected chi connectivity index (χ1v) is 4.29. The molecule has 0 fully saturated rings. The third-order valence-electron chi connectivity index (χ3n) is 1.84. The minimum atomic E-state index is 0.561. The summed E-state index contributed by atoms with van der Waals surface area (Å²) >= 11 is 1.41. The zero-order chi connectivity index (χ0) is 6.81. The number of fused-ring (bicyclic) bond motifs is 1. The Kier molecular flexibility index (Phi) is 1.63. The summed E-state index contributed by atoms with van der Waals surface area (Å²) < 4.78 is 5.12. The number of hydrogen-bond acceptors (Lipinski definition) is 1. The minimum Gasteiger partial charge on any atom is -0.174 e. The van der Waals surface area contributed by atoms with Crippen LogP contribution in [0.4, 0.5) is 0 Å². The van der Waals surface area contributed by atoms with Gasteiger partial charge in [-0.2, -0.15) is 3.87 Å². The largest absolute Gasteiger partial charge is 0.369 e. The normalized spacial score (nSPS) is 29.6. The number of hydrogen-bond donors (Lipinski definition) is 0. The molecule has 1 aliphatic heterocycles. The van der Waals surface area contributed by atoms with E-state index in [-0.39, 0.29) is 0 Å².